The summed E-state index contributed by atoms with van der Waals surface area (Å²) < 4.78 is 10.4. The summed E-state index contributed by atoms with van der Waals surface area (Å²) >= 11 is 0. The van der Waals surface area contributed by atoms with E-state index in [1.165, 1.54) is 19.2 Å². The number of para-hydroxylation sites is 1. The number of nitrogens with zero attached hydrogens (tertiary/aromatic N) is 3. The fourth-order valence-electron chi connectivity index (χ4n) is 1.64. The molecular formula is C11H12N4O4. The van der Waals surface area contributed by atoms with Crippen LogP contribution >= 0.6 is 0 Å². The highest BCUT2D eigenvalue weighted by molar-refractivity contribution is 5.69. The molecule has 0 aliphatic rings. The first kappa shape index (κ1) is 13.0. The molecule has 0 amide bonds. The van der Waals surface area contributed by atoms with Gasteiger partial charge in [0.2, 0.25) is 11.6 Å². The van der Waals surface area contributed by atoms with Crippen LogP contribution in [0.1, 0.15) is 5.89 Å². The topological polar surface area (TPSA) is 117 Å². The molecule has 2 aromatic rings. The van der Waals surface area contributed by atoms with Gasteiger partial charge >= 0.3 is 5.69 Å². The van der Waals surface area contributed by atoms with E-state index >= 15 is 0 Å². The Morgan fingerprint density at radius 2 is 2.26 bits per heavy atom. The molecule has 0 radical (unpaired) electrons. The molecule has 19 heavy (non-hydrogen) atoms. The van der Waals surface area contributed by atoms with Crippen LogP contribution < -0.4 is 10.5 Å². The molecule has 0 saturated carbocycles. The Bertz CT molecular complexity index is 596. The quantitative estimate of drug-likeness (QED) is 0.635. The second kappa shape index (κ2) is 5.44. The summed E-state index contributed by atoms with van der Waals surface area (Å²) in [6, 6.07) is 4.49. The Morgan fingerprint density at radius 3 is 2.89 bits per heavy atom. The van der Waals surface area contributed by atoms with Crippen LogP contribution in [0, 0.1) is 10.1 Å². The SMILES string of the molecule is COc1c(-c2nnc(CCN)o2)cccc1[N+](=O)[O-]. The van der Waals surface area contributed by atoms with Gasteiger partial charge in [0.25, 0.3) is 5.89 Å². The monoisotopic (exact) mass is 264 g/mol. The standard InChI is InChI=1S/C11H12N4O4/c1-18-10-7(3-2-4-8(10)15(16)17)11-14-13-9(19-11)5-6-12/h2-4H,5-6,12H2,1H3. The number of nitro groups is 1. The van der Waals surface area contributed by atoms with Crippen molar-refractivity contribution in [2.45, 2.75) is 6.42 Å². The van der Waals surface area contributed by atoms with Crippen LogP contribution in [0.3, 0.4) is 0 Å². The smallest absolute Gasteiger partial charge is 0.311 e. The Hall–Kier alpha value is -2.48. The largest absolute Gasteiger partial charge is 0.490 e. The Kier molecular flexibility index (Phi) is 3.71. The predicted octanol–water partition coefficient (Wildman–Crippen LogP) is 1.15. The van der Waals surface area contributed by atoms with Crippen LogP contribution in [0.2, 0.25) is 0 Å². The van der Waals surface area contributed by atoms with E-state index in [-0.39, 0.29) is 17.3 Å². The molecule has 0 spiro atoms. The average molecular weight is 264 g/mol. The van der Waals surface area contributed by atoms with Crippen LogP contribution in [0.15, 0.2) is 22.6 Å². The molecule has 0 aliphatic carbocycles. The Balaban J connectivity index is 2.48. The van der Waals surface area contributed by atoms with Gasteiger partial charge in [0.15, 0.2) is 0 Å². The summed E-state index contributed by atoms with van der Waals surface area (Å²) in [4.78, 5) is 10.4. The zero-order chi connectivity index (χ0) is 13.8. The lowest BCUT2D eigenvalue weighted by Gasteiger charge is -2.04. The Labute approximate surface area is 108 Å². The van der Waals surface area contributed by atoms with Gasteiger partial charge in [-0.3, -0.25) is 10.1 Å². The summed E-state index contributed by atoms with van der Waals surface area (Å²) in [7, 11) is 1.35. The molecule has 1 aromatic heterocycles. The number of hydrogen-bond acceptors (Lipinski definition) is 7. The van der Waals surface area contributed by atoms with E-state index in [2.05, 4.69) is 10.2 Å². The lowest BCUT2D eigenvalue weighted by atomic mass is 10.1. The summed E-state index contributed by atoms with van der Waals surface area (Å²) in [6.45, 7) is 0.383. The maximum atomic E-state index is 10.9. The van der Waals surface area contributed by atoms with E-state index in [1.807, 2.05) is 0 Å². The van der Waals surface area contributed by atoms with Crippen LogP contribution in [0.25, 0.3) is 11.5 Å². The van der Waals surface area contributed by atoms with Crippen molar-refractivity contribution >= 4 is 5.69 Å². The number of methoxy groups -OCH3 is 1. The van der Waals surface area contributed by atoms with Gasteiger partial charge < -0.3 is 14.9 Å². The van der Waals surface area contributed by atoms with Crippen molar-refractivity contribution in [2.24, 2.45) is 5.73 Å². The average Bonchev–Trinajstić information content (AvgIpc) is 2.86. The van der Waals surface area contributed by atoms with Gasteiger partial charge in [0.05, 0.1) is 17.6 Å². The van der Waals surface area contributed by atoms with Crippen molar-refractivity contribution in [3.05, 3.63) is 34.2 Å². The maximum Gasteiger partial charge on any atom is 0.311 e. The van der Waals surface area contributed by atoms with Crippen molar-refractivity contribution in [2.75, 3.05) is 13.7 Å². The third-order valence-electron chi connectivity index (χ3n) is 2.45. The van der Waals surface area contributed by atoms with Crippen molar-refractivity contribution in [1.82, 2.24) is 10.2 Å². The summed E-state index contributed by atoms with van der Waals surface area (Å²) in [5.74, 6) is 0.644. The molecule has 8 heteroatoms. The predicted molar refractivity (Wildman–Crippen MR) is 65.7 cm³/mol. The van der Waals surface area contributed by atoms with Gasteiger partial charge in [-0.05, 0) is 6.07 Å². The highest BCUT2D eigenvalue weighted by atomic mass is 16.6. The van der Waals surface area contributed by atoms with Gasteiger partial charge in [0.1, 0.15) is 0 Å². The van der Waals surface area contributed by atoms with E-state index < -0.39 is 4.92 Å². The zero-order valence-electron chi connectivity index (χ0n) is 10.2. The molecule has 1 aromatic carbocycles. The number of aromatic nitrogens is 2. The fraction of sp³-hybridized carbons (Fsp3) is 0.273. The van der Waals surface area contributed by atoms with Crippen LogP contribution in [0.4, 0.5) is 5.69 Å². The zero-order valence-corrected chi connectivity index (χ0v) is 10.2. The molecule has 0 bridgehead atoms. The third kappa shape index (κ3) is 2.52. The summed E-state index contributed by atoms with van der Waals surface area (Å²) in [5, 5.41) is 18.6. The minimum atomic E-state index is -0.528. The van der Waals surface area contributed by atoms with E-state index in [0.717, 1.165) is 0 Å². The highest BCUT2D eigenvalue weighted by Gasteiger charge is 2.22. The van der Waals surface area contributed by atoms with Crippen LogP contribution in [0.5, 0.6) is 5.75 Å². The van der Waals surface area contributed by atoms with Crippen molar-refractivity contribution in [3.8, 4) is 17.2 Å². The maximum absolute atomic E-state index is 10.9. The van der Waals surface area contributed by atoms with Gasteiger partial charge in [-0.1, -0.05) is 6.07 Å². The summed E-state index contributed by atoms with van der Waals surface area (Å²) in [6.07, 6.45) is 0.449. The van der Waals surface area contributed by atoms with Crippen molar-refractivity contribution < 1.29 is 14.1 Å². The lowest BCUT2D eigenvalue weighted by Crippen LogP contribution is -2.02. The molecule has 0 fully saturated rings. The minimum absolute atomic E-state index is 0.0930. The molecule has 0 unspecified atom stereocenters. The molecule has 0 aliphatic heterocycles. The molecule has 100 valence electrons. The lowest BCUT2D eigenvalue weighted by molar-refractivity contribution is -0.385. The molecule has 8 nitrogen and oxygen atoms in total. The van der Waals surface area contributed by atoms with Crippen molar-refractivity contribution in [1.29, 1.82) is 0 Å². The van der Waals surface area contributed by atoms with Gasteiger partial charge in [-0.25, -0.2) is 0 Å². The third-order valence-corrected chi connectivity index (χ3v) is 2.45. The number of ether oxygens (including phenoxy) is 1. The van der Waals surface area contributed by atoms with Gasteiger partial charge in [-0.15, -0.1) is 10.2 Å². The Morgan fingerprint density at radius 1 is 1.47 bits per heavy atom. The first-order valence-electron chi connectivity index (χ1n) is 5.51. The first-order chi connectivity index (χ1) is 9.17. The number of rotatable bonds is 5. The molecule has 0 saturated heterocycles. The van der Waals surface area contributed by atoms with E-state index in [1.54, 1.807) is 6.07 Å². The second-order valence-electron chi connectivity index (χ2n) is 3.65. The molecular weight excluding hydrogens is 252 g/mol. The number of benzene rings is 1. The normalized spacial score (nSPS) is 10.4. The van der Waals surface area contributed by atoms with E-state index in [0.29, 0.717) is 24.4 Å². The van der Waals surface area contributed by atoms with Gasteiger partial charge in [-0.2, -0.15) is 0 Å². The number of hydrogen-bond donors (Lipinski definition) is 1. The second-order valence-corrected chi connectivity index (χ2v) is 3.65. The molecule has 1 heterocycles. The van der Waals surface area contributed by atoms with Crippen LogP contribution in [-0.2, 0) is 6.42 Å². The molecule has 2 N–H and O–H groups in total. The molecule has 0 atom stereocenters. The van der Waals surface area contributed by atoms with E-state index in [4.69, 9.17) is 14.9 Å². The number of nitrogens with two attached hydrogens (primary N) is 1. The highest BCUT2D eigenvalue weighted by Crippen LogP contribution is 2.36. The molecule has 2 rings (SSSR count). The first-order valence-corrected chi connectivity index (χ1v) is 5.51. The number of nitro benzene ring substituents is 1. The van der Waals surface area contributed by atoms with Crippen LogP contribution in [-0.4, -0.2) is 28.8 Å². The van der Waals surface area contributed by atoms with Crippen molar-refractivity contribution in [3.63, 3.8) is 0 Å². The van der Waals surface area contributed by atoms with Gasteiger partial charge in [0, 0.05) is 19.0 Å². The fourth-order valence-corrected chi connectivity index (χ4v) is 1.64. The minimum Gasteiger partial charge on any atom is -0.490 e. The summed E-state index contributed by atoms with van der Waals surface area (Å²) in [5.41, 5.74) is 5.61. The van der Waals surface area contributed by atoms with E-state index in [9.17, 15) is 10.1 Å².